The van der Waals surface area contributed by atoms with Gasteiger partial charge in [-0.2, -0.15) is 4.80 Å². The Labute approximate surface area is 142 Å². The van der Waals surface area contributed by atoms with E-state index in [2.05, 4.69) is 30.9 Å². The summed E-state index contributed by atoms with van der Waals surface area (Å²) >= 11 is 5.85. The molecule has 0 saturated heterocycles. The molecular weight excluding hydrogens is 332 g/mol. The first kappa shape index (κ1) is 16.1. The molecule has 1 N–H and O–H groups in total. The molecule has 0 fully saturated rings. The highest BCUT2D eigenvalue weighted by Gasteiger charge is 2.10. The fraction of sp³-hybridized carbons (Fsp3) is 0.286. The van der Waals surface area contributed by atoms with E-state index in [0.29, 0.717) is 23.2 Å². The lowest BCUT2D eigenvalue weighted by Crippen LogP contribution is -2.29. The first-order valence-electron chi connectivity index (χ1n) is 7.33. The lowest BCUT2D eigenvalue weighted by atomic mass is 10.2. The van der Waals surface area contributed by atoms with Crippen molar-refractivity contribution in [2.45, 2.75) is 26.6 Å². The predicted molar refractivity (Wildman–Crippen MR) is 85.8 cm³/mol. The van der Waals surface area contributed by atoms with Crippen LogP contribution in [0.15, 0.2) is 30.6 Å². The van der Waals surface area contributed by atoms with E-state index >= 15 is 0 Å². The molecule has 10 heteroatoms. The number of aromatic nitrogens is 7. The number of benzene rings is 1. The summed E-state index contributed by atoms with van der Waals surface area (Å²) in [5, 5.41) is 23.2. The van der Waals surface area contributed by atoms with Gasteiger partial charge in [-0.05, 0) is 36.4 Å². The lowest BCUT2D eigenvalue weighted by molar-refractivity contribution is -0.122. The van der Waals surface area contributed by atoms with Gasteiger partial charge in [0.2, 0.25) is 11.7 Å². The minimum absolute atomic E-state index is 0.0269. The van der Waals surface area contributed by atoms with Gasteiger partial charge in [-0.3, -0.25) is 4.79 Å². The maximum absolute atomic E-state index is 12.0. The number of aryl methyl sites for hydroxylation is 1. The Morgan fingerprint density at radius 1 is 1.25 bits per heavy atom. The lowest BCUT2D eigenvalue weighted by Gasteiger charge is -2.05. The van der Waals surface area contributed by atoms with Gasteiger partial charge >= 0.3 is 0 Å². The van der Waals surface area contributed by atoms with Crippen molar-refractivity contribution in [3.8, 4) is 11.4 Å². The van der Waals surface area contributed by atoms with Crippen molar-refractivity contribution in [2.24, 2.45) is 0 Å². The Hall–Kier alpha value is -2.81. The largest absolute Gasteiger partial charge is 0.347 e. The fourth-order valence-corrected chi connectivity index (χ4v) is 2.19. The molecule has 124 valence electrons. The molecule has 24 heavy (non-hydrogen) atoms. The van der Waals surface area contributed by atoms with Crippen LogP contribution in [0.25, 0.3) is 11.4 Å². The Morgan fingerprint density at radius 2 is 2.04 bits per heavy atom. The smallest absolute Gasteiger partial charge is 0.244 e. The van der Waals surface area contributed by atoms with Gasteiger partial charge in [0, 0.05) is 17.1 Å². The molecule has 3 aromatic rings. The van der Waals surface area contributed by atoms with E-state index in [-0.39, 0.29) is 12.5 Å². The molecule has 1 aromatic carbocycles. The topological polar surface area (TPSA) is 103 Å². The molecule has 0 aliphatic rings. The molecule has 0 radical (unpaired) electrons. The zero-order valence-electron chi connectivity index (χ0n) is 12.9. The Kier molecular flexibility index (Phi) is 4.80. The minimum atomic E-state index is -0.235. The average Bonchev–Trinajstić information content (AvgIpc) is 3.22. The van der Waals surface area contributed by atoms with Crippen LogP contribution < -0.4 is 5.32 Å². The summed E-state index contributed by atoms with van der Waals surface area (Å²) < 4.78 is 1.85. The van der Waals surface area contributed by atoms with Gasteiger partial charge in [0.25, 0.3) is 0 Å². The Morgan fingerprint density at radius 3 is 2.79 bits per heavy atom. The summed E-state index contributed by atoms with van der Waals surface area (Å²) in [7, 11) is 0. The van der Waals surface area contributed by atoms with Crippen molar-refractivity contribution >= 4 is 17.5 Å². The van der Waals surface area contributed by atoms with Crippen LogP contribution in [0.1, 0.15) is 12.7 Å². The normalized spacial score (nSPS) is 10.8. The summed E-state index contributed by atoms with van der Waals surface area (Å²) in [6.07, 6.45) is 1.62. The summed E-state index contributed by atoms with van der Waals surface area (Å²) in [5.41, 5.74) is 0.780. The molecule has 0 bridgehead atoms. The van der Waals surface area contributed by atoms with Crippen molar-refractivity contribution in [3.63, 3.8) is 0 Å². The van der Waals surface area contributed by atoms with Crippen LogP contribution in [0.4, 0.5) is 0 Å². The quantitative estimate of drug-likeness (QED) is 0.712. The number of carbonyl (C=O) groups is 1. The van der Waals surface area contributed by atoms with Crippen LogP contribution in [0.3, 0.4) is 0 Å². The van der Waals surface area contributed by atoms with Crippen LogP contribution in [0, 0.1) is 0 Å². The molecule has 9 nitrogen and oxygen atoms in total. The van der Waals surface area contributed by atoms with Gasteiger partial charge in [-0.25, -0.2) is 0 Å². The van der Waals surface area contributed by atoms with Crippen LogP contribution in [0.2, 0.25) is 5.02 Å². The molecule has 1 amide bonds. The summed E-state index contributed by atoms with van der Waals surface area (Å²) in [6.45, 7) is 2.99. The standard InChI is InChI=1S/C14H15ClN8O/c1-2-22-9-17-18-12(22)7-16-13(24)8-23-20-14(19-21-23)10-3-5-11(15)6-4-10/h3-6,9H,2,7-8H2,1H3,(H,16,24). The van der Waals surface area contributed by atoms with E-state index < -0.39 is 0 Å². The molecule has 0 aliphatic heterocycles. The second-order valence-electron chi connectivity index (χ2n) is 4.96. The number of rotatable bonds is 6. The van der Waals surface area contributed by atoms with E-state index in [1.807, 2.05) is 11.5 Å². The third kappa shape index (κ3) is 3.74. The average molecular weight is 347 g/mol. The molecule has 0 spiro atoms. The number of nitrogens with zero attached hydrogens (tertiary/aromatic N) is 7. The van der Waals surface area contributed by atoms with E-state index in [9.17, 15) is 4.79 Å². The van der Waals surface area contributed by atoms with Gasteiger partial charge in [0.1, 0.15) is 12.9 Å². The van der Waals surface area contributed by atoms with Gasteiger partial charge < -0.3 is 9.88 Å². The third-order valence-corrected chi connectivity index (χ3v) is 3.57. The zero-order valence-corrected chi connectivity index (χ0v) is 13.7. The second kappa shape index (κ2) is 7.18. The fourth-order valence-electron chi connectivity index (χ4n) is 2.07. The zero-order chi connectivity index (χ0) is 16.9. The number of hydrogen-bond donors (Lipinski definition) is 1. The summed E-state index contributed by atoms with van der Waals surface area (Å²) in [5.74, 6) is 0.894. The molecule has 0 atom stereocenters. The molecule has 0 aliphatic carbocycles. The van der Waals surface area contributed by atoms with Crippen molar-refractivity contribution < 1.29 is 4.79 Å². The highest BCUT2D eigenvalue weighted by molar-refractivity contribution is 6.30. The molecule has 0 unspecified atom stereocenters. The predicted octanol–water partition coefficient (Wildman–Crippen LogP) is 0.921. The summed E-state index contributed by atoms with van der Waals surface area (Å²) in [4.78, 5) is 13.2. The van der Waals surface area contributed by atoms with Crippen molar-refractivity contribution in [1.29, 1.82) is 0 Å². The van der Waals surface area contributed by atoms with Gasteiger partial charge in [-0.1, -0.05) is 11.6 Å². The maximum atomic E-state index is 12.0. The highest BCUT2D eigenvalue weighted by atomic mass is 35.5. The van der Waals surface area contributed by atoms with Gasteiger partial charge in [0.15, 0.2) is 5.82 Å². The minimum Gasteiger partial charge on any atom is -0.347 e. The number of carbonyl (C=O) groups excluding carboxylic acids is 1. The number of hydrogen-bond acceptors (Lipinski definition) is 6. The Balaban J connectivity index is 1.58. The molecule has 3 rings (SSSR count). The van der Waals surface area contributed by atoms with Crippen molar-refractivity contribution in [1.82, 2.24) is 40.3 Å². The first-order chi connectivity index (χ1) is 11.7. The van der Waals surface area contributed by atoms with Crippen molar-refractivity contribution in [3.05, 3.63) is 41.4 Å². The van der Waals surface area contributed by atoms with Crippen molar-refractivity contribution in [2.75, 3.05) is 0 Å². The van der Waals surface area contributed by atoms with E-state index in [1.54, 1.807) is 30.6 Å². The number of halogens is 1. The van der Waals surface area contributed by atoms with E-state index in [0.717, 1.165) is 12.1 Å². The van der Waals surface area contributed by atoms with Crippen LogP contribution >= 0.6 is 11.6 Å². The number of tetrazole rings is 1. The molecule has 2 heterocycles. The SMILES string of the molecule is CCn1cnnc1CNC(=O)Cn1nnc(-c2ccc(Cl)cc2)n1. The molecular formula is C14H15ClN8O. The van der Waals surface area contributed by atoms with Crippen LogP contribution in [-0.2, 0) is 24.4 Å². The van der Waals surface area contributed by atoms with Gasteiger partial charge in [0.05, 0.1) is 6.54 Å². The van der Waals surface area contributed by atoms with E-state index in [1.165, 1.54) is 4.80 Å². The highest BCUT2D eigenvalue weighted by Crippen LogP contribution is 2.16. The first-order valence-corrected chi connectivity index (χ1v) is 7.70. The van der Waals surface area contributed by atoms with Crippen LogP contribution in [-0.4, -0.2) is 40.9 Å². The second-order valence-corrected chi connectivity index (χ2v) is 5.40. The maximum Gasteiger partial charge on any atom is 0.244 e. The third-order valence-electron chi connectivity index (χ3n) is 3.32. The monoisotopic (exact) mass is 346 g/mol. The Bertz CT molecular complexity index is 825. The van der Waals surface area contributed by atoms with Gasteiger partial charge in [-0.15, -0.1) is 20.4 Å². The summed E-state index contributed by atoms with van der Waals surface area (Å²) in [6, 6.07) is 7.07. The van der Waals surface area contributed by atoms with E-state index in [4.69, 9.17) is 11.6 Å². The number of nitrogens with one attached hydrogen (secondary N) is 1. The van der Waals surface area contributed by atoms with Crippen LogP contribution in [0.5, 0.6) is 0 Å². The number of amides is 1. The molecule has 2 aromatic heterocycles. The molecule has 0 saturated carbocycles.